The number of hydrazine groups is 1. The van der Waals surface area contributed by atoms with Crippen molar-refractivity contribution in [2.75, 3.05) is 25.5 Å². The zero-order chi connectivity index (χ0) is 26.3. The van der Waals surface area contributed by atoms with Crippen molar-refractivity contribution in [1.29, 1.82) is 0 Å². The molecule has 190 valence electrons. The Morgan fingerprint density at radius 3 is 2.78 bits per heavy atom. The van der Waals surface area contributed by atoms with E-state index in [1.54, 1.807) is 23.3 Å². The molecule has 5 rings (SSSR count). The Morgan fingerprint density at radius 1 is 1.24 bits per heavy atom. The van der Waals surface area contributed by atoms with Crippen molar-refractivity contribution < 1.29 is 27.6 Å². The number of halogens is 3. The van der Waals surface area contributed by atoms with Gasteiger partial charge in [-0.05, 0) is 49.4 Å². The lowest BCUT2D eigenvalue weighted by atomic mass is 9.99. The zero-order valence-electron chi connectivity index (χ0n) is 19.9. The summed E-state index contributed by atoms with van der Waals surface area (Å²) in [7, 11) is 1.42. The molecular weight excluding hydrogens is 487 g/mol. The number of aromatic amines is 1. The SMILES string of the molecule is CCN1C2=c3cc[nH]c3=NCC2=CC(c2cc(OC)cc(C(=O)Nc3cccc(C(F)(F)F)c3)c2)=[N+]1[O-]. The summed E-state index contributed by atoms with van der Waals surface area (Å²) in [6.07, 6.45) is -1.04. The van der Waals surface area contributed by atoms with E-state index in [-0.39, 0.29) is 17.0 Å². The van der Waals surface area contributed by atoms with E-state index in [2.05, 4.69) is 15.3 Å². The first-order valence-electron chi connectivity index (χ1n) is 11.4. The number of ether oxygens (including phenoxy) is 1. The molecule has 0 saturated heterocycles. The largest absolute Gasteiger partial charge is 0.595 e. The summed E-state index contributed by atoms with van der Waals surface area (Å²) < 4.78 is 44.6. The van der Waals surface area contributed by atoms with Crippen LogP contribution in [0.15, 0.2) is 71.4 Å². The van der Waals surface area contributed by atoms with Crippen LogP contribution in [0.2, 0.25) is 0 Å². The van der Waals surface area contributed by atoms with E-state index in [9.17, 15) is 23.2 Å². The summed E-state index contributed by atoms with van der Waals surface area (Å²) in [5.74, 6) is -0.338. The lowest BCUT2D eigenvalue weighted by Crippen LogP contribution is -2.45. The third-order valence-corrected chi connectivity index (χ3v) is 6.13. The molecule has 0 aliphatic carbocycles. The van der Waals surface area contributed by atoms with Gasteiger partial charge >= 0.3 is 6.18 Å². The van der Waals surface area contributed by atoms with Crippen LogP contribution in [0.5, 0.6) is 5.75 Å². The number of likely N-dealkylation sites (N-methyl/N-ethyl adjacent to an activating group) is 1. The first-order valence-corrected chi connectivity index (χ1v) is 11.4. The molecule has 0 radical (unpaired) electrons. The average Bonchev–Trinajstić information content (AvgIpc) is 3.37. The van der Waals surface area contributed by atoms with Gasteiger partial charge in [0.05, 0.1) is 31.3 Å². The molecule has 3 heterocycles. The zero-order valence-corrected chi connectivity index (χ0v) is 19.9. The average molecular weight is 509 g/mol. The smallest absolute Gasteiger partial charge is 0.416 e. The lowest BCUT2D eigenvalue weighted by Gasteiger charge is -2.29. The van der Waals surface area contributed by atoms with E-state index < -0.39 is 17.6 Å². The van der Waals surface area contributed by atoms with Gasteiger partial charge < -0.3 is 20.2 Å². The van der Waals surface area contributed by atoms with Crippen molar-refractivity contribution in [3.8, 4) is 5.75 Å². The number of carbonyl (C=O) groups is 1. The number of amides is 1. The van der Waals surface area contributed by atoms with Gasteiger partial charge in [-0.3, -0.25) is 9.79 Å². The van der Waals surface area contributed by atoms with Crippen molar-refractivity contribution in [2.45, 2.75) is 13.1 Å². The summed E-state index contributed by atoms with van der Waals surface area (Å²) in [5.41, 5.74) is 2.23. The highest BCUT2D eigenvalue weighted by Crippen LogP contribution is 2.31. The highest BCUT2D eigenvalue weighted by atomic mass is 19.4. The van der Waals surface area contributed by atoms with Crippen LogP contribution in [0.4, 0.5) is 18.9 Å². The van der Waals surface area contributed by atoms with Gasteiger partial charge in [-0.2, -0.15) is 13.2 Å². The van der Waals surface area contributed by atoms with Crippen LogP contribution in [-0.2, 0) is 6.18 Å². The molecule has 3 aromatic rings. The lowest BCUT2D eigenvalue weighted by molar-refractivity contribution is -0.615. The number of H-pyrrole nitrogens is 1. The third kappa shape index (κ3) is 4.44. The van der Waals surface area contributed by atoms with Gasteiger partial charge in [-0.1, -0.05) is 10.9 Å². The standard InChI is InChI=1S/C26H22F3N5O3/c1-3-33-23-17(14-31-24-21(23)7-8-30-24)12-22(34(33)36)15-9-16(11-20(10-15)37-2)25(35)32-19-6-4-5-18(13-19)26(27,28)29/h4-13H,3,14H2,1-2H3,(H,30,31)(H,32,35). The maximum atomic E-state index is 13.5. The Bertz CT molecular complexity index is 1590. The Kier molecular flexibility index (Phi) is 5.98. The maximum absolute atomic E-state index is 13.5. The number of alkyl halides is 3. The third-order valence-electron chi connectivity index (χ3n) is 6.13. The van der Waals surface area contributed by atoms with Crippen LogP contribution in [0.1, 0.15) is 28.4 Å². The molecule has 1 aromatic heterocycles. The number of rotatable bonds is 5. The predicted octanol–water partition coefficient (Wildman–Crippen LogP) is 3.21. The fraction of sp³-hybridized carbons (Fsp3) is 0.192. The molecule has 2 N–H and O–H groups in total. The molecule has 2 aromatic carbocycles. The molecule has 0 atom stereocenters. The topological polar surface area (TPSA) is 95.8 Å². The molecule has 0 fully saturated rings. The molecule has 0 spiro atoms. The van der Waals surface area contributed by atoms with Crippen molar-refractivity contribution in [3.05, 3.63) is 99.0 Å². The Balaban J connectivity index is 1.54. The minimum absolute atomic E-state index is 0.00962. The van der Waals surface area contributed by atoms with Gasteiger partial charge in [-0.25, -0.2) is 0 Å². The second-order valence-electron chi connectivity index (χ2n) is 8.43. The number of anilines is 1. The first-order chi connectivity index (χ1) is 17.7. The molecular formula is C26H22F3N5O3. The summed E-state index contributed by atoms with van der Waals surface area (Å²) in [5, 5.41) is 18.4. The van der Waals surface area contributed by atoms with E-state index in [1.807, 2.05) is 13.0 Å². The number of carbonyl (C=O) groups excluding carboxylic acids is 1. The van der Waals surface area contributed by atoms with E-state index in [0.717, 1.165) is 33.5 Å². The molecule has 1 amide bonds. The number of aromatic nitrogens is 1. The molecule has 11 heteroatoms. The normalized spacial score (nSPS) is 15.0. The molecule has 0 saturated carbocycles. The van der Waals surface area contributed by atoms with Crippen molar-refractivity contribution in [1.82, 2.24) is 9.99 Å². The van der Waals surface area contributed by atoms with Gasteiger partial charge in [0.15, 0.2) is 0 Å². The second-order valence-corrected chi connectivity index (χ2v) is 8.43. The number of hydrazone groups is 1. The molecule has 0 unspecified atom stereocenters. The van der Waals surface area contributed by atoms with Crippen LogP contribution in [0.3, 0.4) is 0 Å². The molecule has 8 nitrogen and oxygen atoms in total. The van der Waals surface area contributed by atoms with Crippen molar-refractivity contribution in [3.63, 3.8) is 0 Å². The molecule has 2 aliphatic rings. The molecule has 2 aliphatic heterocycles. The van der Waals surface area contributed by atoms with E-state index >= 15 is 0 Å². The number of hydrogen-bond donors (Lipinski definition) is 2. The van der Waals surface area contributed by atoms with E-state index in [4.69, 9.17) is 4.74 Å². The van der Waals surface area contributed by atoms with Crippen molar-refractivity contribution >= 4 is 23.0 Å². The second kappa shape index (κ2) is 9.16. The Hall–Kier alpha value is -4.54. The van der Waals surface area contributed by atoms with Crippen LogP contribution < -0.4 is 20.8 Å². The molecule has 37 heavy (non-hydrogen) atoms. The number of nitrogens with one attached hydrogen (secondary N) is 2. The van der Waals surface area contributed by atoms with Crippen LogP contribution in [0.25, 0.3) is 5.70 Å². The van der Waals surface area contributed by atoms with E-state index in [0.29, 0.717) is 29.9 Å². The van der Waals surface area contributed by atoms with Crippen LogP contribution >= 0.6 is 0 Å². The highest BCUT2D eigenvalue weighted by Gasteiger charge is 2.32. The number of nitrogens with zero attached hydrogens (tertiary/aromatic N) is 3. The van der Waals surface area contributed by atoms with Gasteiger partial charge in [0, 0.05) is 34.3 Å². The first kappa shape index (κ1) is 24.2. The quantitative estimate of drug-likeness (QED) is 0.408. The minimum atomic E-state index is -4.54. The Morgan fingerprint density at radius 2 is 2.05 bits per heavy atom. The number of fused-ring (bicyclic) bond motifs is 2. The van der Waals surface area contributed by atoms with Gasteiger partial charge in [0.2, 0.25) is 5.71 Å². The highest BCUT2D eigenvalue weighted by molar-refractivity contribution is 6.11. The number of methoxy groups -OCH3 is 1. The number of benzene rings is 2. The Labute approximate surface area is 209 Å². The number of allylic oxidation sites excluding steroid dienone is 1. The molecule has 0 bridgehead atoms. The summed E-state index contributed by atoms with van der Waals surface area (Å²) >= 11 is 0. The summed E-state index contributed by atoms with van der Waals surface area (Å²) in [4.78, 5) is 21.4. The van der Waals surface area contributed by atoms with Crippen molar-refractivity contribution in [2.24, 2.45) is 4.99 Å². The van der Waals surface area contributed by atoms with Crippen LogP contribution in [0, 0.1) is 5.21 Å². The maximum Gasteiger partial charge on any atom is 0.416 e. The van der Waals surface area contributed by atoms with Gasteiger partial charge in [-0.15, -0.1) is 5.01 Å². The minimum Gasteiger partial charge on any atom is -0.595 e. The summed E-state index contributed by atoms with van der Waals surface area (Å²) in [6.45, 7) is 2.61. The summed E-state index contributed by atoms with van der Waals surface area (Å²) in [6, 6.07) is 10.8. The van der Waals surface area contributed by atoms with Gasteiger partial charge in [0.1, 0.15) is 16.9 Å². The monoisotopic (exact) mass is 509 g/mol. The fourth-order valence-corrected chi connectivity index (χ4v) is 4.41. The van der Waals surface area contributed by atoms with Gasteiger partial charge in [0.25, 0.3) is 5.91 Å². The van der Waals surface area contributed by atoms with E-state index in [1.165, 1.54) is 31.4 Å². The predicted molar refractivity (Wildman–Crippen MR) is 130 cm³/mol. The fourth-order valence-electron chi connectivity index (χ4n) is 4.41. The van der Waals surface area contributed by atoms with Crippen LogP contribution in [-0.4, -0.2) is 46.7 Å². The number of hydrogen-bond acceptors (Lipinski definition) is 5.